The molecule has 3 aromatic rings. The molecule has 1 saturated heterocycles. The molecule has 4 heterocycles. The maximum atomic E-state index is 12.5. The van der Waals surface area contributed by atoms with Crippen molar-refractivity contribution in [3.8, 4) is 11.6 Å². The van der Waals surface area contributed by atoms with Crippen LogP contribution in [0.25, 0.3) is 22.7 Å². The lowest BCUT2D eigenvalue weighted by Crippen LogP contribution is -2.47. The van der Waals surface area contributed by atoms with Crippen molar-refractivity contribution < 1.29 is 9.21 Å². The van der Waals surface area contributed by atoms with E-state index in [2.05, 4.69) is 14.9 Å². The van der Waals surface area contributed by atoms with E-state index in [9.17, 15) is 4.79 Å². The van der Waals surface area contributed by atoms with Crippen LogP contribution < -0.4 is 5.32 Å². The van der Waals surface area contributed by atoms with Crippen molar-refractivity contribution in [1.29, 1.82) is 0 Å². The van der Waals surface area contributed by atoms with Crippen LogP contribution in [0.4, 0.5) is 4.79 Å². The van der Waals surface area contributed by atoms with E-state index < -0.39 is 0 Å². The number of nitrogens with one attached hydrogen (secondary N) is 1. The van der Waals surface area contributed by atoms with Crippen LogP contribution in [0.2, 0.25) is 0 Å². The number of carbonyl (C=O) groups excluding carboxylic acids is 1. The van der Waals surface area contributed by atoms with Crippen molar-refractivity contribution in [2.45, 2.75) is 38.8 Å². The fourth-order valence-corrected chi connectivity index (χ4v) is 3.39. The van der Waals surface area contributed by atoms with Gasteiger partial charge in [-0.25, -0.2) is 14.8 Å². The lowest BCUT2D eigenvalue weighted by Gasteiger charge is -2.25. The van der Waals surface area contributed by atoms with Crippen molar-refractivity contribution in [2.75, 3.05) is 13.1 Å². The van der Waals surface area contributed by atoms with E-state index in [1.165, 1.54) is 0 Å². The van der Waals surface area contributed by atoms with E-state index in [1.807, 2.05) is 49.9 Å². The molecule has 136 valence electrons. The molecule has 0 unspecified atom stereocenters. The molecule has 1 atom stereocenters. The third kappa shape index (κ3) is 3.05. The highest BCUT2D eigenvalue weighted by molar-refractivity contribution is 5.77. The van der Waals surface area contributed by atoms with Crippen molar-refractivity contribution in [2.24, 2.45) is 0 Å². The molecule has 26 heavy (non-hydrogen) atoms. The predicted octanol–water partition coefficient (Wildman–Crippen LogP) is 3.45. The molecule has 0 aromatic carbocycles. The minimum absolute atomic E-state index is 0.0306. The van der Waals surface area contributed by atoms with E-state index in [4.69, 9.17) is 9.40 Å². The zero-order valence-corrected chi connectivity index (χ0v) is 15.3. The van der Waals surface area contributed by atoms with E-state index in [-0.39, 0.29) is 17.6 Å². The number of rotatable bonds is 2. The number of hydrogen-bond acceptors (Lipinski definition) is 4. The van der Waals surface area contributed by atoms with E-state index >= 15 is 0 Å². The van der Waals surface area contributed by atoms with Crippen molar-refractivity contribution in [3.63, 3.8) is 0 Å². The first-order chi connectivity index (χ1) is 12.4. The highest BCUT2D eigenvalue weighted by Crippen LogP contribution is 2.32. The van der Waals surface area contributed by atoms with Gasteiger partial charge < -0.3 is 19.2 Å². The monoisotopic (exact) mass is 353 g/mol. The minimum atomic E-state index is -0.252. The van der Waals surface area contributed by atoms with Gasteiger partial charge in [0.25, 0.3) is 0 Å². The summed E-state index contributed by atoms with van der Waals surface area (Å²) >= 11 is 0. The summed E-state index contributed by atoms with van der Waals surface area (Å²) in [6, 6.07) is 7.66. The number of aromatic nitrogens is 3. The number of likely N-dealkylation sites (tertiary alicyclic amines) is 1. The molecule has 0 saturated carbocycles. The predicted molar refractivity (Wildman–Crippen MR) is 98.7 cm³/mol. The number of nitrogens with zero attached hydrogens (tertiary/aromatic N) is 4. The van der Waals surface area contributed by atoms with Gasteiger partial charge in [0, 0.05) is 24.8 Å². The zero-order valence-electron chi connectivity index (χ0n) is 15.3. The fraction of sp³-hybridized carbons (Fsp3) is 0.421. The summed E-state index contributed by atoms with van der Waals surface area (Å²) in [5, 5.41) is 3.03. The van der Waals surface area contributed by atoms with Crippen molar-refractivity contribution in [1.82, 2.24) is 24.8 Å². The molecule has 1 N–H and O–H groups in total. The highest BCUT2D eigenvalue weighted by Gasteiger charge is 2.32. The summed E-state index contributed by atoms with van der Waals surface area (Å²) in [6.45, 7) is 7.29. The van der Waals surface area contributed by atoms with Gasteiger partial charge in [0.2, 0.25) is 0 Å². The third-order valence-electron chi connectivity index (χ3n) is 4.49. The Balaban J connectivity index is 1.67. The molecule has 7 nitrogen and oxygen atoms in total. The molecule has 1 fully saturated rings. The lowest BCUT2D eigenvalue weighted by molar-refractivity contribution is 0.198. The van der Waals surface area contributed by atoms with Gasteiger partial charge in [-0.15, -0.1) is 0 Å². The molecule has 0 radical (unpaired) electrons. The number of pyridine rings is 1. The summed E-state index contributed by atoms with van der Waals surface area (Å²) in [4.78, 5) is 23.6. The van der Waals surface area contributed by atoms with Crippen LogP contribution in [0.15, 0.2) is 41.1 Å². The molecule has 0 bridgehead atoms. The second-order valence-corrected chi connectivity index (χ2v) is 7.70. The van der Waals surface area contributed by atoms with Crippen LogP contribution in [-0.4, -0.2) is 44.1 Å². The first-order valence-corrected chi connectivity index (χ1v) is 8.86. The van der Waals surface area contributed by atoms with E-state index in [1.54, 1.807) is 12.5 Å². The van der Waals surface area contributed by atoms with E-state index in [0.29, 0.717) is 18.8 Å². The second kappa shape index (κ2) is 6.16. The quantitative estimate of drug-likeness (QED) is 0.766. The number of furan rings is 1. The van der Waals surface area contributed by atoms with Crippen LogP contribution in [0.3, 0.4) is 0 Å². The van der Waals surface area contributed by atoms with Crippen LogP contribution in [0, 0.1) is 0 Å². The number of amides is 2. The van der Waals surface area contributed by atoms with Gasteiger partial charge in [-0.1, -0.05) is 0 Å². The molecule has 1 aliphatic heterocycles. The van der Waals surface area contributed by atoms with Crippen LogP contribution in [0.5, 0.6) is 0 Å². The van der Waals surface area contributed by atoms with E-state index in [0.717, 1.165) is 23.4 Å². The summed E-state index contributed by atoms with van der Waals surface area (Å²) in [5.41, 5.74) is 1.40. The van der Waals surface area contributed by atoms with Gasteiger partial charge in [0.15, 0.2) is 17.2 Å². The van der Waals surface area contributed by atoms with Gasteiger partial charge in [-0.2, -0.15) is 0 Å². The first-order valence-electron chi connectivity index (χ1n) is 8.86. The normalized spacial score (nSPS) is 17.8. The SMILES string of the molecule is CC(C)(C)NC(=O)N1CC[C@H](n2c(-c3ccco3)nc3cccnc32)C1. The molecule has 4 rings (SSSR count). The van der Waals surface area contributed by atoms with Gasteiger partial charge in [-0.05, 0) is 51.5 Å². The molecule has 1 aliphatic rings. The Hall–Kier alpha value is -2.83. The maximum absolute atomic E-state index is 12.5. The summed E-state index contributed by atoms with van der Waals surface area (Å²) in [6.07, 6.45) is 4.27. The lowest BCUT2D eigenvalue weighted by atomic mass is 10.1. The number of imidazole rings is 1. The maximum Gasteiger partial charge on any atom is 0.317 e. The minimum Gasteiger partial charge on any atom is -0.461 e. The third-order valence-corrected chi connectivity index (χ3v) is 4.49. The molecule has 0 spiro atoms. The van der Waals surface area contributed by atoms with Crippen LogP contribution >= 0.6 is 0 Å². The molecule has 2 amide bonds. The summed E-state index contributed by atoms with van der Waals surface area (Å²) < 4.78 is 7.70. The Kier molecular flexibility index (Phi) is 3.94. The first kappa shape index (κ1) is 16.6. The molecule has 0 aliphatic carbocycles. The highest BCUT2D eigenvalue weighted by atomic mass is 16.3. The molecular weight excluding hydrogens is 330 g/mol. The number of carbonyl (C=O) groups is 1. The molecular formula is C19H23N5O2. The Labute approximate surface area is 152 Å². The smallest absolute Gasteiger partial charge is 0.317 e. The average Bonchev–Trinajstić information content (AvgIpc) is 3.31. The average molecular weight is 353 g/mol. The summed E-state index contributed by atoms with van der Waals surface area (Å²) in [7, 11) is 0. The Morgan fingerprint density at radius 2 is 2.15 bits per heavy atom. The Bertz CT molecular complexity index is 923. The molecule has 7 heteroatoms. The zero-order chi connectivity index (χ0) is 18.3. The van der Waals surface area contributed by atoms with Gasteiger partial charge >= 0.3 is 6.03 Å². The van der Waals surface area contributed by atoms with Crippen LogP contribution in [0.1, 0.15) is 33.2 Å². The Morgan fingerprint density at radius 1 is 1.31 bits per heavy atom. The Morgan fingerprint density at radius 3 is 2.88 bits per heavy atom. The largest absolute Gasteiger partial charge is 0.461 e. The fourth-order valence-electron chi connectivity index (χ4n) is 3.39. The van der Waals surface area contributed by atoms with Gasteiger partial charge in [0.1, 0.15) is 5.52 Å². The topological polar surface area (TPSA) is 76.2 Å². The number of urea groups is 1. The number of fused-ring (bicyclic) bond motifs is 1. The van der Waals surface area contributed by atoms with Crippen molar-refractivity contribution >= 4 is 17.2 Å². The summed E-state index contributed by atoms with van der Waals surface area (Å²) in [5.74, 6) is 1.47. The standard InChI is InChI=1S/C19H23N5O2/c1-19(2,3)22-18(25)23-10-8-13(12-23)24-16-14(6-4-9-20-16)21-17(24)15-7-5-11-26-15/h4-7,9,11,13H,8,10,12H2,1-3H3,(H,22,25)/t13-/m0/s1. The molecule has 3 aromatic heterocycles. The van der Waals surface area contributed by atoms with Crippen molar-refractivity contribution in [3.05, 3.63) is 36.7 Å². The second-order valence-electron chi connectivity index (χ2n) is 7.70. The number of hydrogen-bond donors (Lipinski definition) is 1. The van der Waals surface area contributed by atoms with Crippen LogP contribution in [-0.2, 0) is 0 Å². The van der Waals surface area contributed by atoms with Gasteiger partial charge in [0.05, 0.1) is 12.3 Å². The van der Waals surface area contributed by atoms with Gasteiger partial charge in [-0.3, -0.25) is 0 Å².